The van der Waals surface area contributed by atoms with Crippen LogP contribution in [0, 0.1) is 17.3 Å². The summed E-state index contributed by atoms with van der Waals surface area (Å²) < 4.78 is 6.09. The van der Waals surface area contributed by atoms with Gasteiger partial charge in [0, 0.05) is 0 Å². The molecule has 1 heteroatoms. The summed E-state index contributed by atoms with van der Waals surface area (Å²) in [6.07, 6.45) is 8.47. The van der Waals surface area contributed by atoms with Crippen LogP contribution in [0.2, 0.25) is 17.7 Å². The van der Waals surface area contributed by atoms with Crippen LogP contribution in [-0.2, 0) is 0 Å². The van der Waals surface area contributed by atoms with Gasteiger partial charge in [-0.1, -0.05) is 0 Å². The summed E-state index contributed by atoms with van der Waals surface area (Å²) >= 11 is -1.97. The van der Waals surface area contributed by atoms with Gasteiger partial charge >= 0.3 is 133 Å². The van der Waals surface area contributed by atoms with Crippen LogP contribution >= 0.6 is 0 Å². The van der Waals surface area contributed by atoms with Crippen molar-refractivity contribution in [3.8, 4) is 11.8 Å². The Hall–Kier alpha value is 0.359. The Kier molecular flexibility index (Phi) is 11.2. The van der Waals surface area contributed by atoms with Crippen molar-refractivity contribution in [3.05, 3.63) is 0 Å². The van der Waals surface area contributed by atoms with Gasteiger partial charge in [-0.3, -0.25) is 0 Å². The van der Waals surface area contributed by atoms with Crippen molar-refractivity contribution in [1.29, 1.82) is 0 Å². The van der Waals surface area contributed by atoms with Crippen LogP contribution in [0.25, 0.3) is 0 Å². The Bertz CT molecular complexity index is 265. The van der Waals surface area contributed by atoms with Gasteiger partial charge in [-0.2, -0.15) is 0 Å². The summed E-state index contributed by atoms with van der Waals surface area (Å²) in [7, 11) is 0. The first-order valence-electron chi connectivity index (χ1n) is 8.89. The third-order valence-corrected chi connectivity index (χ3v) is 18.9. The van der Waals surface area contributed by atoms with Crippen LogP contribution in [0.4, 0.5) is 0 Å². The Morgan fingerprint density at radius 3 is 1.45 bits per heavy atom. The van der Waals surface area contributed by atoms with Crippen molar-refractivity contribution < 1.29 is 0 Å². The number of unbranched alkanes of at least 4 members (excludes halogenated alkanes) is 3. The van der Waals surface area contributed by atoms with E-state index in [0.717, 1.165) is 0 Å². The Balaban J connectivity index is 4.86. The van der Waals surface area contributed by atoms with Gasteiger partial charge in [-0.15, -0.1) is 0 Å². The predicted octanol–water partition coefficient (Wildman–Crippen LogP) is 6.89. The summed E-state index contributed by atoms with van der Waals surface area (Å²) in [5, 5.41) is 0. The zero-order valence-corrected chi connectivity index (χ0v) is 17.9. The molecule has 0 aromatic heterocycles. The molecule has 0 atom stereocenters. The molecule has 0 aliphatic rings. The minimum atomic E-state index is -1.97. The molecule has 0 spiro atoms. The molecule has 0 radical (unpaired) electrons. The van der Waals surface area contributed by atoms with Gasteiger partial charge in [-0.25, -0.2) is 0 Å². The van der Waals surface area contributed by atoms with Crippen LogP contribution in [0.1, 0.15) is 80.1 Å². The van der Waals surface area contributed by atoms with Gasteiger partial charge < -0.3 is 0 Å². The Labute approximate surface area is 133 Å². The van der Waals surface area contributed by atoms with Crippen LogP contribution in [0.3, 0.4) is 0 Å². The summed E-state index contributed by atoms with van der Waals surface area (Å²) in [4.78, 5) is 0. The van der Waals surface area contributed by atoms with E-state index in [0.29, 0.717) is 0 Å². The zero-order valence-electron chi connectivity index (χ0n) is 15.1. The van der Waals surface area contributed by atoms with Crippen LogP contribution in [0.15, 0.2) is 0 Å². The molecule has 0 saturated heterocycles. The standard InChI is InChI=1S/C7H11.3C4H9.Sn/c1-5-6-7(2,3)4;3*1-3-4-2;/h1H2,2-4H3;3*1,3-4H2,2H3;. The maximum atomic E-state index is 3.64. The van der Waals surface area contributed by atoms with Crippen molar-refractivity contribution in [2.24, 2.45) is 5.41 Å². The fourth-order valence-electron chi connectivity index (χ4n) is 2.79. The molecule has 0 heterocycles. The monoisotopic (exact) mass is 386 g/mol. The van der Waals surface area contributed by atoms with E-state index in [4.69, 9.17) is 0 Å². The minimum absolute atomic E-state index is 0.178. The van der Waals surface area contributed by atoms with Gasteiger partial charge in [0.2, 0.25) is 0 Å². The molecule has 0 aromatic carbocycles. The summed E-state index contributed by atoms with van der Waals surface area (Å²) in [6, 6.07) is 0. The number of hydrogen-bond acceptors (Lipinski definition) is 0. The van der Waals surface area contributed by atoms with E-state index in [9.17, 15) is 0 Å². The molecule has 0 saturated carbocycles. The van der Waals surface area contributed by atoms with Crippen molar-refractivity contribution in [1.82, 2.24) is 0 Å². The van der Waals surface area contributed by atoms with Crippen molar-refractivity contribution in [2.75, 3.05) is 0 Å². The van der Waals surface area contributed by atoms with Crippen LogP contribution < -0.4 is 0 Å². The maximum absolute atomic E-state index is 3.64. The fraction of sp³-hybridized carbons (Fsp3) is 0.895. The fourth-order valence-corrected chi connectivity index (χ4v) is 17.2. The third kappa shape index (κ3) is 10.1. The predicted molar refractivity (Wildman–Crippen MR) is 96.9 cm³/mol. The molecule has 20 heavy (non-hydrogen) atoms. The molecule has 0 bridgehead atoms. The van der Waals surface area contributed by atoms with Crippen LogP contribution in [-0.4, -0.2) is 18.4 Å². The van der Waals surface area contributed by atoms with Gasteiger partial charge in [0.05, 0.1) is 0 Å². The molecule has 0 amide bonds. The topological polar surface area (TPSA) is 0 Å². The second kappa shape index (κ2) is 11.0. The van der Waals surface area contributed by atoms with E-state index >= 15 is 0 Å². The second-order valence-electron chi connectivity index (χ2n) is 7.54. The van der Waals surface area contributed by atoms with Crippen molar-refractivity contribution in [2.45, 2.75) is 97.8 Å². The molecule has 0 aromatic rings. The number of hydrogen-bond donors (Lipinski definition) is 0. The molecular weight excluding hydrogens is 347 g/mol. The normalized spacial score (nSPS) is 12.1. The SMILES string of the molecule is CCC[CH2][Sn]([CH2]C#CC(C)(C)C)([CH2]CCC)[CH2]CCC. The van der Waals surface area contributed by atoms with E-state index < -0.39 is 18.4 Å². The quantitative estimate of drug-likeness (QED) is 0.284. The summed E-state index contributed by atoms with van der Waals surface area (Å²) in [5.41, 5.74) is 0.178. The Morgan fingerprint density at radius 2 is 1.15 bits per heavy atom. The van der Waals surface area contributed by atoms with Crippen molar-refractivity contribution >= 4 is 18.4 Å². The molecule has 0 aliphatic carbocycles. The zero-order chi connectivity index (χ0) is 15.5. The Morgan fingerprint density at radius 1 is 0.750 bits per heavy atom. The number of rotatable bonds is 10. The van der Waals surface area contributed by atoms with E-state index in [-0.39, 0.29) is 5.41 Å². The molecule has 0 nitrogen and oxygen atoms in total. The molecule has 0 unspecified atom stereocenters. The molecule has 118 valence electrons. The van der Waals surface area contributed by atoms with E-state index in [1.165, 1.54) is 43.0 Å². The molecule has 0 N–H and O–H groups in total. The average molecular weight is 385 g/mol. The van der Waals surface area contributed by atoms with Gasteiger partial charge in [0.15, 0.2) is 0 Å². The average Bonchev–Trinajstić information content (AvgIpc) is 2.38. The summed E-state index contributed by atoms with van der Waals surface area (Å²) in [6.45, 7) is 13.7. The first-order valence-corrected chi connectivity index (χ1v) is 17.0. The molecule has 0 rings (SSSR count). The third-order valence-electron chi connectivity index (χ3n) is 4.11. The van der Waals surface area contributed by atoms with E-state index in [2.05, 4.69) is 53.4 Å². The first kappa shape index (κ1) is 20.4. The molecule has 0 aliphatic heterocycles. The van der Waals surface area contributed by atoms with Gasteiger partial charge in [0.25, 0.3) is 0 Å². The van der Waals surface area contributed by atoms with Gasteiger partial charge in [0.1, 0.15) is 0 Å². The van der Waals surface area contributed by atoms with E-state index in [1.807, 2.05) is 0 Å². The molecule has 0 fully saturated rings. The van der Waals surface area contributed by atoms with Crippen molar-refractivity contribution in [3.63, 3.8) is 0 Å². The van der Waals surface area contributed by atoms with Crippen LogP contribution in [0.5, 0.6) is 0 Å². The first-order chi connectivity index (χ1) is 9.39. The van der Waals surface area contributed by atoms with E-state index in [1.54, 1.807) is 13.3 Å². The van der Waals surface area contributed by atoms with Gasteiger partial charge in [-0.05, 0) is 0 Å². The summed E-state index contributed by atoms with van der Waals surface area (Å²) in [5.74, 6) is 7.15. The molecular formula is C19H38Sn. The second-order valence-corrected chi connectivity index (χ2v) is 21.4.